The number of carbonyl (C=O) groups excluding carboxylic acids is 2. The molecule has 0 bridgehead atoms. The van der Waals surface area contributed by atoms with Crippen LogP contribution >= 0.6 is 22.6 Å². The number of alkyl halides is 1. The molecule has 0 saturated heterocycles. The molecule has 4 aromatic carbocycles. The van der Waals surface area contributed by atoms with Crippen molar-refractivity contribution in [1.29, 1.82) is 0 Å². The third-order valence-corrected chi connectivity index (χ3v) is 7.12. The summed E-state index contributed by atoms with van der Waals surface area (Å²) in [4.78, 5) is 30.2. The van der Waals surface area contributed by atoms with Crippen LogP contribution in [0.1, 0.15) is 27.6 Å². The number of halogens is 1. The van der Waals surface area contributed by atoms with Crippen LogP contribution in [0, 0.1) is 0 Å². The molecule has 5 heteroatoms. The van der Waals surface area contributed by atoms with Gasteiger partial charge in [0, 0.05) is 43.7 Å². The van der Waals surface area contributed by atoms with E-state index in [1.54, 1.807) is 0 Å². The number of imide groups is 1. The molecule has 4 nitrogen and oxygen atoms in total. The maximum absolute atomic E-state index is 13.3. The molecule has 32 heavy (non-hydrogen) atoms. The van der Waals surface area contributed by atoms with E-state index in [2.05, 4.69) is 51.8 Å². The van der Waals surface area contributed by atoms with Crippen LogP contribution in [-0.2, 0) is 0 Å². The summed E-state index contributed by atoms with van der Waals surface area (Å²) in [6.45, 7) is 1.91. The van der Waals surface area contributed by atoms with Crippen LogP contribution in [0.5, 0.6) is 0 Å². The number of hydrogen-bond acceptors (Lipinski definition) is 3. The van der Waals surface area contributed by atoms with Gasteiger partial charge in [0.2, 0.25) is 0 Å². The monoisotopic (exact) mass is 532 g/mol. The molecule has 0 aliphatic carbocycles. The number of rotatable bonds is 5. The summed E-state index contributed by atoms with van der Waals surface area (Å²) in [5, 5.41) is 1.62. The lowest BCUT2D eigenvalue weighted by molar-refractivity contribution is 0.0568. The average molecular weight is 532 g/mol. The molecule has 1 unspecified atom stereocenters. The molecule has 0 radical (unpaired) electrons. The molecule has 0 aromatic heterocycles. The molecule has 1 atom stereocenters. The zero-order valence-corrected chi connectivity index (χ0v) is 19.7. The van der Waals surface area contributed by atoms with E-state index in [1.807, 2.05) is 73.7 Å². The Labute approximate surface area is 200 Å². The quantitative estimate of drug-likeness (QED) is 0.163. The van der Waals surface area contributed by atoms with E-state index in [9.17, 15) is 9.59 Å². The summed E-state index contributed by atoms with van der Waals surface area (Å²) < 4.78 is 0.689. The average Bonchev–Trinajstić information content (AvgIpc) is 2.84. The van der Waals surface area contributed by atoms with Gasteiger partial charge in [-0.1, -0.05) is 71.1 Å². The topological polar surface area (TPSA) is 40.6 Å². The first-order valence-corrected chi connectivity index (χ1v) is 12.0. The molecule has 2 amide bonds. The van der Waals surface area contributed by atoms with Crippen LogP contribution in [-0.4, -0.2) is 27.2 Å². The fourth-order valence-corrected chi connectivity index (χ4v) is 4.74. The number of para-hydroxylation sites is 2. The summed E-state index contributed by atoms with van der Waals surface area (Å²) in [6.07, 6.45) is 0. The third kappa shape index (κ3) is 3.28. The Bertz CT molecular complexity index is 1260. The zero-order valence-electron chi connectivity index (χ0n) is 17.5. The van der Waals surface area contributed by atoms with Crippen LogP contribution in [0.4, 0.5) is 17.1 Å². The first-order valence-electron chi connectivity index (χ1n) is 10.5. The largest absolute Gasteiger partial charge is 0.310 e. The second kappa shape index (κ2) is 8.39. The van der Waals surface area contributed by atoms with Gasteiger partial charge in [-0.05, 0) is 49.4 Å². The van der Waals surface area contributed by atoms with Gasteiger partial charge < -0.3 is 4.90 Å². The summed E-state index contributed by atoms with van der Waals surface area (Å²) >= 11 is 2.22. The molecule has 1 heterocycles. The molecule has 5 rings (SSSR count). The van der Waals surface area contributed by atoms with E-state index < -0.39 is 0 Å². The molecule has 1 aliphatic rings. The highest BCUT2D eigenvalue weighted by Crippen LogP contribution is 2.42. The summed E-state index contributed by atoms with van der Waals surface area (Å²) in [7, 11) is 0. The molecule has 0 fully saturated rings. The minimum atomic E-state index is -0.222. The lowest BCUT2D eigenvalue weighted by Gasteiger charge is -2.33. The molecule has 158 valence electrons. The Hall–Kier alpha value is -3.19. The van der Waals surface area contributed by atoms with Crippen LogP contribution in [0.3, 0.4) is 0 Å². The van der Waals surface area contributed by atoms with Crippen LogP contribution < -0.4 is 4.90 Å². The van der Waals surface area contributed by atoms with Gasteiger partial charge in [-0.25, -0.2) is 0 Å². The van der Waals surface area contributed by atoms with E-state index in [-0.39, 0.29) is 17.9 Å². The molecule has 0 saturated carbocycles. The number of carbonyl (C=O) groups is 2. The lowest BCUT2D eigenvalue weighted by Crippen LogP contribution is -2.46. The lowest BCUT2D eigenvalue weighted by atomic mass is 9.92. The van der Waals surface area contributed by atoms with Crippen molar-refractivity contribution >= 4 is 62.2 Å². The first kappa shape index (κ1) is 20.7. The Kier molecular flexibility index (Phi) is 5.43. The highest BCUT2D eigenvalue weighted by atomic mass is 127. The maximum atomic E-state index is 13.3. The van der Waals surface area contributed by atoms with Gasteiger partial charge in [-0.3, -0.25) is 14.5 Å². The van der Waals surface area contributed by atoms with Crippen molar-refractivity contribution in [3.8, 4) is 0 Å². The van der Waals surface area contributed by atoms with E-state index >= 15 is 0 Å². The fourth-order valence-electron chi connectivity index (χ4n) is 4.35. The molecule has 0 N–H and O–H groups in total. The molecule has 1 aliphatic heterocycles. The van der Waals surface area contributed by atoms with Gasteiger partial charge in [0.05, 0.1) is 5.69 Å². The summed E-state index contributed by atoms with van der Waals surface area (Å²) in [5.41, 5.74) is 4.11. The van der Waals surface area contributed by atoms with Gasteiger partial charge >= 0.3 is 0 Å². The minimum absolute atomic E-state index is 0.163. The standard InChI is InChI=1S/C27H21IN2O2/c1-18(17-28)29-26(31)22-14-8-13-21-24(16-15-23(25(21)22)27(29)32)30(19-9-4-2-5-10-19)20-11-6-3-7-12-20/h2-16,18H,17H2,1H3. The third-order valence-electron chi connectivity index (χ3n) is 5.85. The summed E-state index contributed by atoms with van der Waals surface area (Å²) in [5.74, 6) is -0.444. The number of benzene rings is 4. The second-order valence-electron chi connectivity index (χ2n) is 7.85. The van der Waals surface area contributed by atoms with E-state index in [4.69, 9.17) is 0 Å². The number of hydrogen-bond donors (Lipinski definition) is 0. The van der Waals surface area contributed by atoms with Crippen molar-refractivity contribution in [2.75, 3.05) is 9.33 Å². The number of amides is 2. The van der Waals surface area contributed by atoms with Crippen molar-refractivity contribution in [2.24, 2.45) is 0 Å². The van der Waals surface area contributed by atoms with E-state index in [0.717, 1.165) is 27.8 Å². The highest BCUT2D eigenvalue weighted by Gasteiger charge is 2.36. The molecular weight excluding hydrogens is 511 g/mol. The Morgan fingerprint density at radius 1 is 0.750 bits per heavy atom. The van der Waals surface area contributed by atoms with Gasteiger partial charge in [0.25, 0.3) is 11.8 Å². The van der Waals surface area contributed by atoms with Gasteiger partial charge in [-0.2, -0.15) is 0 Å². The van der Waals surface area contributed by atoms with Crippen molar-refractivity contribution in [1.82, 2.24) is 4.90 Å². The van der Waals surface area contributed by atoms with E-state index in [0.29, 0.717) is 15.6 Å². The minimum Gasteiger partial charge on any atom is -0.310 e. The van der Waals surface area contributed by atoms with Crippen molar-refractivity contribution < 1.29 is 9.59 Å². The number of nitrogens with zero attached hydrogens (tertiary/aromatic N) is 2. The van der Waals surface area contributed by atoms with Gasteiger partial charge in [0.1, 0.15) is 0 Å². The van der Waals surface area contributed by atoms with Crippen LogP contribution in [0.25, 0.3) is 10.8 Å². The highest BCUT2D eigenvalue weighted by molar-refractivity contribution is 14.1. The number of anilines is 3. The predicted octanol–water partition coefficient (Wildman–Crippen LogP) is 6.73. The zero-order chi connectivity index (χ0) is 22.2. The second-order valence-corrected chi connectivity index (χ2v) is 8.73. The fraction of sp³-hybridized carbons (Fsp3) is 0.111. The normalized spacial score (nSPS) is 14.0. The van der Waals surface area contributed by atoms with Crippen LogP contribution in [0.15, 0.2) is 91.0 Å². The van der Waals surface area contributed by atoms with Crippen molar-refractivity contribution in [2.45, 2.75) is 13.0 Å². The van der Waals surface area contributed by atoms with E-state index in [1.165, 1.54) is 4.90 Å². The smallest absolute Gasteiger partial charge is 0.261 e. The molecule has 0 spiro atoms. The van der Waals surface area contributed by atoms with Gasteiger partial charge in [0.15, 0.2) is 0 Å². The van der Waals surface area contributed by atoms with Crippen molar-refractivity contribution in [3.05, 3.63) is 102 Å². The summed E-state index contributed by atoms with van der Waals surface area (Å²) in [6, 6.07) is 29.7. The van der Waals surface area contributed by atoms with Gasteiger partial charge in [-0.15, -0.1) is 0 Å². The van der Waals surface area contributed by atoms with Crippen LogP contribution in [0.2, 0.25) is 0 Å². The SMILES string of the molecule is CC(CI)N1C(=O)c2cccc3c(N(c4ccccc4)c4ccccc4)ccc(c23)C1=O. The first-order chi connectivity index (χ1) is 15.6. The van der Waals surface area contributed by atoms with Crippen molar-refractivity contribution in [3.63, 3.8) is 0 Å². The maximum Gasteiger partial charge on any atom is 0.261 e. The predicted molar refractivity (Wildman–Crippen MR) is 137 cm³/mol. The Morgan fingerprint density at radius 2 is 1.31 bits per heavy atom. The Balaban J connectivity index is 1.77. The Morgan fingerprint density at radius 3 is 1.88 bits per heavy atom. The molecular formula is C27H21IN2O2. The molecule has 4 aromatic rings.